The molecule has 33 heavy (non-hydrogen) atoms. The predicted octanol–water partition coefficient (Wildman–Crippen LogP) is 6.44. The predicted molar refractivity (Wildman–Crippen MR) is 132 cm³/mol. The first-order valence-corrected chi connectivity index (χ1v) is 11.3. The van der Waals surface area contributed by atoms with E-state index in [1.54, 1.807) is 42.5 Å². The number of imidazole rings is 1. The van der Waals surface area contributed by atoms with Crippen LogP contribution in [0.2, 0.25) is 10.0 Å². The largest absolute Gasteiger partial charge is 0.324 e. The van der Waals surface area contributed by atoms with E-state index in [4.69, 9.17) is 33.4 Å². The minimum absolute atomic E-state index is 0.291. The van der Waals surface area contributed by atoms with Crippen LogP contribution in [0.4, 0.5) is 5.69 Å². The lowest BCUT2D eigenvalue weighted by atomic mass is 10.2. The number of amides is 1. The van der Waals surface area contributed by atoms with Crippen molar-refractivity contribution in [2.45, 2.75) is 26.3 Å². The molecular weight excluding hydrogens is 457 g/mol. The van der Waals surface area contributed by atoms with Crippen LogP contribution in [-0.4, -0.2) is 15.5 Å². The van der Waals surface area contributed by atoms with Crippen LogP contribution in [0.5, 0.6) is 0 Å². The van der Waals surface area contributed by atoms with Crippen LogP contribution in [-0.2, 0) is 6.54 Å². The summed E-state index contributed by atoms with van der Waals surface area (Å²) in [6.45, 7) is 2.94. The van der Waals surface area contributed by atoms with E-state index in [0.29, 0.717) is 26.9 Å². The zero-order valence-corrected chi connectivity index (χ0v) is 19.4. The van der Waals surface area contributed by atoms with Crippen molar-refractivity contribution >= 4 is 45.8 Å². The van der Waals surface area contributed by atoms with Gasteiger partial charge in [0.1, 0.15) is 5.82 Å². The third-order valence-electron chi connectivity index (χ3n) is 5.26. The molecule has 4 rings (SSSR count). The van der Waals surface area contributed by atoms with Crippen LogP contribution in [0, 0.1) is 11.3 Å². The Labute approximate surface area is 201 Å². The van der Waals surface area contributed by atoms with Crippen molar-refractivity contribution in [3.8, 4) is 17.5 Å². The molecule has 0 aliphatic heterocycles. The number of carbonyl (C=O) groups excluding carboxylic acids is 1. The summed E-state index contributed by atoms with van der Waals surface area (Å²) in [6, 6.07) is 19.8. The first kappa shape index (κ1) is 22.7. The van der Waals surface area contributed by atoms with E-state index in [2.05, 4.69) is 28.4 Å². The first-order valence-electron chi connectivity index (χ1n) is 10.5. The summed E-state index contributed by atoms with van der Waals surface area (Å²) >= 11 is 12.3. The molecule has 3 aromatic carbocycles. The molecule has 4 aromatic rings. The van der Waals surface area contributed by atoms with Gasteiger partial charge in [0.15, 0.2) is 0 Å². The molecule has 0 saturated carbocycles. The summed E-state index contributed by atoms with van der Waals surface area (Å²) in [7, 11) is 0. The highest BCUT2D eigenvalue weighted by Crippen LogP contribution is 2.31. The lowest BCUT2D eigenvalue weighted by Gasteiger charge is -2.10. The highest BCUT2D eigenvalue weighted by Gasteiger charge is 2.16. The van der Waals surface area contributed by atoms with E-state index in [1.807, 2.05) is 18.2 Å². The minimum Gasteiger partial charge on any atom is -0.324 e. The number of fused-ring (bicyclic) bond motifs is 1. The van der Waals surface area contributed by atoms with Crippen molar-refractivity contribution in [1.82, 2.24) is 15.0 Å². The molecule has 2 N–H and O–H groups in total. The highest BCUT2D eigenvalue weighted by atomic mass is 35.5. The SMILES string of the molecule is CCCCn1c(-c2ccc(Cl)c(Cl)c2)nc2cc(C(=O)NNc3ccc(C#N)cc3)ccc21. The second kappa shape index (κ2) is 9.95. The van der Waals surface area contributed by atoms with E-state index in [-0.39, 0.29) is 5.91 Å². The Bertz CT molecular complexity index is 1360. The Balaban J connectivity index is 1.62. The summed E-state index contributed by atoms with van der Waals surface area (Å²) in [4.78, 5) is 17.5. The number of unbranched alkanes of at least 4 members (excludes halogenated alkanes) is 1. The number of hydrogen-bond acceptors (Lipinski definition) is 4. The van der Waals surface area contributed by atoms with Crippen molar-refractivity contribution in [3.05, 3.63) is 81.8 Å². The lowest BCUT2D eigenvalue weighted by Crippen LogP contribution is -2.29. The molecular formula is C25H21Cl2N5O. The smallest absolute Gasteiger partial charge is 0.269 e. The molecule has 0 unspecified atom stereocenters. The number of halogens is 2. The van der Waals surface area contributed by atoms with Gasteiger partial charge >= 0.3 is 0 Å². The Hall–Kier alpha value is -3.53. The number of anilines is 1. The fourth-order valence-electron chi connectivity index (χ4n) is 3.50. The Morgan fingerprint density at radius 1 is 1.06 bits per heavy atom. The monoisotopic (exact) mass is 477 g/mol. The van der Waals surface area contributed by atoms with Gasteiger partial charge in [0.25, 0.3) is 5.91 Å². The van der Waals surface area contributed by atoms with Gasteiger partial charge in [-0.05, 0) is 67.1 Å². The topological polar surface area (TPSA) is 82.7 Å². The maximum Gasteiger partial charge on any atom is 0.269 e. The number of nitrogens with zero attached hydrogens (tertiary/aromatic N) is 3. The van der Waals surface area contributed by atoms with Gasteiger partial charge in [0.2, 0.25) is 0 Å². The Kier molecular flexibility index (Phi) is 6.83. The van der Waals surface area contributed by atoms with Gasteiger partial charge in [0, 0.05) is 17.7 Å². The molecule has 0 radical (unpaired) electrons. The second-order valence-electron chi connectivity index (χ2n) is 7.54. The number of nitriles is 1. The summed E-state index contributed by atoms with van der Waals surface area (Å²) in [5.41, 5.74) is 9.78. The summed E-state index contributed by atoms with van der Waals surface area (Å²) < 4.78 is 2.15. The van der Waals surface area contributed by atoms with E-state index in [9.17, 15) is 4.79 Å². The molecule has 0 fully saturated rings. The maximum absolute atomic E-state index is 12.7. The van der Waals surface area contributed by atoms with Gasteiger partial charge in [0.05, 0.1) is 38.4 Å². The van der Waals surface area contributed by atoms with E-state index in [0.717, 1.165) is 41.8 Å². The summed E-state index contributed by atoms with van der Waals surface area (Å²) in [5.74, 6) is 0.491. The van der Waals surface area contributed by atoms with Gasteiger partial charge < -0.3 is 4.57 Å². The normalized spacial score (nSPS) is 10.7. The van der Waals surface area contributed by atoms with Crippen molar-refractivity contribution in [2.75, 3.05) is 5.43 Å². The third kappa shape index (κ3) is 4.95. The molecule has 0 saturated heterocycles. The van der Waals surface area contributed by atoms with Crippen LogP contribution < -0.4 is 10.9 Å². The van der Waals surface area contributed by atoms with Crippen molar-refractivity contribution in [3.63, 3.8) is 0 Å². The van der Waals surface area contributed by atoms with Gasteiger partial charge in [-0.15, -0.1) is 0 Å². The number of nitrogens with one attached hydrogen (secondary N) is 2. The quantitative estimate of drug-likeness (QED) is 0.300. The molecule has 1 aromatic heterocycles. The molecule has 0 spiro atoms. The molecule has 1 amide bonds. The van der Waals surface area contributed by atoms with Crippen LogP contribution in [0.1, 0.15) is 35.7 Å². The number of aromatic nitrogens is 2. The van der Waals surface area contributed by atoms with E-state index >= 15 is 0 Å². The molecule has 6 nitrogen and oxygen atoms in total. The maximum atomic E-state index is 12.7. The average Bonchev–Trinajstić information content (AvgIpc) is 3.20. The number of hydrazine groups is 1. The minimum atomic E-state index is -0.291. The van der Waals surface area contributed by atoms with Crippen molar-refractivity contribution in [2.24, 2.45) is 0 Å². The second-order valence-corrected chi connectivity index (χ2v) is 8.36. The summed E-state index contributed by atoms with van der Waals surface area (Å²) in [6.07, 6.45) is 2.04. The molecule has 0 aliphatic rings. The summed E-state index contributed by atoms with van der Waals surface area (Å²) in [5, 5.41) is 9.85. The molecule has 0 aliphatic carbocycles. The highest BCUT2D eigenvalue weighted by molar-refractivity contribution is 6.42. The zero-order chi connectivity index (χ0) is 23.4. The van der Waals surface area contributed by atoms with Gasteiger partial charge in [-0.3, -0.25) is 15.6 Å². The molecule has 8 heteroatoms. The van der Waals surface area contributed by atoms with Gasteiger partial charge in [-0.1, -0.05) is 36.5 Å². The van der Waals surface area contributed by atoms with Crippen LogP contribution in [0.25, 0.3) is 22.4 Å². The zero-order valence-electron chi connectivity index (χ0n) is 17.9. The van der Waals surface area contributed by atoms with Crippen molar-refractivity contribution in [1.29, 1.82) is 5.26 Å². The number of hydrogen-bond donors (Lipinski definition) is 2. The van der Waals surface area contributed by atoms with E-state index in [1.165, 1.54) is 0 Å². The number of benzene rings is 3. The average molecular weight is 478 g/mol. The Morgan fingerprint density at radius 2 is 1.85 bits per heavy atom. The molecule has 0 atom stereocenters. The fourth-order valence-corrected chi connectivity index (χ4v) is 3.80. The van der Waals surface area contributed by atoms with Gasteiger partial charge in [-0.2, -0.15) is 5.26 Å². The Morgan fingerprint density at radius 3 is 2.55 bits per heavy atom. The lowest BCUT2D eigenvalue weighted by molar-refractivity contribution is 0.0963. The number of aryl methyl sites for hydroxylation is 1. The third-order valence-corrected chi connectivity index (χ3v) is 6.00. The molecule has 0 bridgehead atoms. The molecule has 1 heterocycles. The number of carbonyl (C=O) groups is 1. The standard InChI is InChI=1S/C25H21Cl2N5O/c1-2-3-12-32-23-11-7-18(25(33)31-30-19-8-4-16(15-28)5-9-19)14-22(23)29-24(32)17-6-10-20(26)21(27)13-17/h4-11,13-14,30H,2-3,12H2,1H3,(H,31,33). The van der Waals surface area contributed by atoms with Crippen LogP contribution in [0.3, 0.4) is 0 Å². The van der Waals surface area contributed by atoms with Crippen LogP contribution >= 0.6 is 23.2 Å². The molecule has 166 valence electrons. The van der Waals surface area contributed by atoms with E-state index < -0.39 is 0 Å². The first-order chi connectivity index (χ1) is 16.0. The fraction of sp³-hybridized carbons (Fsp3) is 0.160. The van der Waals surface area contributed by atoms with Crippen molar-refractivity contribution < 1.29 is 4.79 Å². The van der Waals surface area contributed by atoms with Gasteiger partial charge in [-0.25, -0.2) is 4.98 Å². The van der Waals surface area contributed by atoms with Crippen LogP contribution in [0.15, 0.2) is 60.7 Å². The number of rotatable bonds is 7.